The number of benzene rings is 1. The highest BCUT2D eigenvalue weighted by Crippen LogP contribution is 2.24. The molecular weight excluding hydrogens is 310 g/mol. The first-order valence-electron chi connectivity index (χ1n) is 8.44. The van der Waals surface area contributed by atoms with E-state index in [1.807, 2.05) is 18.2 Å². The first-order chi connectivity index (χ1) is 12.1. The number of aromatic nitrogens is 2. The first-order valence-corrected chi connectivity index (χ1v) is 8.44. The summed E-state index contributed by atoms with van der Waals surface area (Å²) in [5, 5.41) is 15.5. The summed E-state index contributed by atoms with van der Waals surface area (Å²) >= 11 is 0. The predicted octanol–water partition coefficient (Wildman–Crippen LogP) is 4.65. The lowest BCUT2D eigenvalue weighted by atomic mass is 10.1. The van der Waals surface area contributed by atoms with Crippen molar-refractivity contribution in [2.75, 3.05) is 10.6 Å². The number of hydrogen-bond donors (Lipinski definition) is 2. The van der Waals surface area contributed by atoms with Crippen LogP contribution in [0.4, 0.5) is 17.3 Å². The van der Waals surface area contributed by atoms with Gasteiger partial charge in [0.2, 0.25) is 0 Å². The lowest BCUT2D eigenvalue weighted by Crippen LogP contribution is -2.13. The third-order valence-corrected chi connectivity index (χ3v) is 3.70. The number of rotatable bonds is 5. The Morgan fingerprint density at radius 1 is 1.08 bits per heavy atom. The average molecular weight is 331 g/mol. The van der Waals surface area contributed by atoms with Crippen molar-refractivity contribution in [3.8, 4) is 6.07 Å². The van der Waals surface area contributed by atoms with E-state index < -0.39 is 0 Å². The Labute approximate surface area is 148 Å². The fourth-order valence-corrected chi connectivity index (χ4v) is 2.57. The summed E-state index contributed by atoms with van der Waals surface area (Å²) in [6.07, 6.45) is 8.46. The van der Waals surface area contributed by atoms with Gasteiger partial charge in [-0.25, -0.2) is 9.97 Å². The van der Waals surface area contributed by atoms with Crippen LogP contribution >= 0.6 is 0 Å². The molecule has 3 rings (SSSR count). The normalized spacial score (nSPS) is 13.3. The Bertz CT molecular complexity index is 841. The smallest absolute Gasteiger partial charge is 0.163 e. The maximum absolute atomic E-state index is 8.91. The highest BCUT2D eigenvalue weighted by atomic mass is 15.1. The molecule has 0 spiro atoms. The number of allylic oxidation sites excluding steroid dienone is 4. The molecular formula is C20H21N5. The predicted molar refractivity (Wildman–Crippen MR) is 102 cm³/mol. The average Bonchev–Trinajstić information content (AvgIpc) is 2.62. The van der Waals surface area contributed by atoms with Gasteiger partial charge in [0.25, 0.3) is 0 Å². The van der Waals surface area contributed by atoms with Gasteiger partial charge in [-0.05, 0) is 51.0 Å². The SMILES string of the molecule is CC(C)Nc1cc(Nc2ccc(C#N)cc2)nc(C2=CCCC=C2)n1. The van der Waals surface area contributed by atoms with E-state index in [2.05, 4.69) is 58.7 Å². The van der Waals surface area contributed by atoms with Crippen molar-refractivity contribution >= 4 is 22.9 Å². The van der Waals surface area contributed by atoms with Crippen molar-refractivity contribution in [1.29, 1.82) is 5.26 Å². The molecule has 0 atom stereocenters. The molecule has 0 radical (unpaired) electrons. The molecule has 5 heteroatoms. The van der Waals surface area contributed by atoms with E-state index in [0.717, 1.165) is 35.7 Å². The fourth-order valence-electron chi connectivity index (χ4n) is 2.57. The molecule has 0 saturated heterocycles. The Hall–Kier alpha value is -3.13. The van der Waals surface area contributed by atoms with Gasteiger partial charge in [0.15, 0.2) is 5.82 Å². The molecule has 0 fully saturated rings. The van der Waals surface area contributed by atoms with Gasteiger partial charge < -0.3 is 10.6 Å². The Morgan fingerprint density at radius 3 is 2.48 bits per heavy atom. The lowest BCUT2D eigenvalue weighted by Gasteiger charge is -2.14. The third-order valence-electron chi connectivity index (χ3n) is 3.70. The van der Waals surface area contributed by atoms with Gasteiger partial charge in [0.05, 0.1) is 11.6 Å². The summed E-state index contributed by atoms with van der Waals surface area (Å²) in [5.41, 5.74) is 2.56. The van der Waals surface area contributed by atoms with Crippen LogP contribution in [0.2, 0.25) is 0 Å². The molecule has 0 aliphatic heterocycles. The summed E-state index contributed by atoms with van der Waals surface area (Å²) in [6.45, 7) is 4.16. The van der Waals surface area contributed by atoms with Crippen LogP contribution in [0.1, 0.15) is 38.1 Å². The minimum Gasteiger partial charge on any atom is -0.368 e. The largest absolute Gasteiger partial charge is 0.368 e. The highest BCUT2D eigenvalue weighted by Gasteiger charge is 2.10. The molecule has 2 aromatic rings. The van der Waals surface area contributed by atoms with Crippen LogP contribution < -0.4 is 10.6 Å². The number of hydrogen-bond acceptors (Lipinski definition) is 5. The van der Waals surface area contributed by atoms with Crippen LogP contribution in [0.3, 0.4) is 0 Å². The maximum Gasteiger partial charge on any atom is 0.163 e. The monoisotopic (exact) mass is 331 g/mol. The number of nitrogens with zero attached hydrogens (tertiary/aromatic N) is 3. The van der Waals surface area contributed by atoms with Crippen molar-refractivity contribution < 1.29 is 0 Å². The molecule has 1 aromatic heterocycles. The highest BCUT2D eigenvalue weighted by molar-refractivity contribution is 5.73. The van der Waals surface area contributed by atoms with Crippen LogP contribution in [0, 0.1) is 11.3 Å². The Kier molecular flexibility index (Phi) is 5.10. The van der Waals surface area contributed by atoms with Crippen molar-refractivity contribution in [1.82, 2.24) is 9.97 Å². The van der Waals surface area contributed by atoms with Gasteiger partial charge in [-0.3, -0.25) is 0 Å². The summed E-state index contributed by atoms with van der Waals surface area (Å²) < 4.78 is 0. The lowest BCUT2D eigenvalue weighted by molar-refractivity contribution is 0.884. The summed E-state index contributed by atoms with van der Waals surface area (Å²) in [5.74, 6) is 2.21. The van der Waals surface area contributed by atoms with Crippen molar-refractivity contribution in [3.05, 3.63) is 59.9 Å². The summed E-state index contributed by atoms with van der Waals surface area (Å²) in [7, 11) is 0. The topological polar surface area (TPSA) is 73.6 Å². The van der Waals surface area contributed by atoms with E-state index in [1.54, 1.807) is 12.1 Å². The molecule has 126 valence electrons. The zero-order chi connectivity index (χ0) is 17.6. The van der Waals surface area contributed by atoms with E-state index in [1.165, 1.54) is 0 Å². The quantitative estimate of drug-likeness (QED) is 0.834. The molecule has 1 aromatic carbocycles. The maximum atomic E-state index is 8.91. The minimum atomic E-state index is 0.279. The van der Waals surface area contributed by atoms with E-state index in [9.17, 15) is 0 Å². The van der Waals surface area contributed by atoms with Gasteiger partial charge in [0, 0.05) is 23.4 Å². The van der Waals surface area contributed by atoms with Crippen molar-refractivity contribution in [2.45, 2.75) is 32.7 Å². The van der Waals surface area contributed by atoms with E-state index >= 15 is 0 Å². The van der Waals surface area contributed by atoms with Crippen molar-refractivity contribution in [2.24, 2.45) is 0 Å². The molecule has 0 bridgehead atoms. The van der Waals surface area contributed by atoms with E-state index in [0.29, 0.717) is 11.4 Å². The molecule has 5 nitrogen and oxygen atoms in total. The first kappa shape index (κ1) is 16.7. The van der Waals surface area contributed by atoms with Crippen LogP contribution in [0.15, 0.2) is 48.6 Å². The fraction of sp³-hybridized carbons (Fsp3) is 0.250. The van der Waals surface area contributed by atoms with Crippen LogP contribution in [0.25, 0.3) is 5.57 Å². The number of nitriles is 1. The molecule has 2 N–H and O–H groups in total. The number of nitrogens with one attached hydrogen (secondary N) is 2. The second-order valence-corrected chi connectivity index (χ2v) is 6.21. The van der Waals surface area contributed by atoms with Gasteiger partial charge in [-0.15, -0.1) is 0 Å². The Morgan fingerprint density at radius 2 is 1.84 bits per heavy atom. The van der Waals surface area contributed by atoms with E-state index in [4.69, 9.17) is 5.26 Å². The van der Waals surface area contributed by atoms with Crippen LogP contribution in [-0.4, -0.2) is 16.0 Å². The molecule has 0 saturated carbocycles. The van der Waals surface area contributed by atoms with Gasteiger partial charge in [-0.1, -0.05) is 18.2 Å². The number of anilines is 3. The molecule has 1 aliphatic carbocycles. The molecule has 25 heavy (non-hydrogen) atoms. The minimum absolute atomic E-state index is 0.279. The zero-order valence-electron chi connectivity index (χ0n) is 14.5. The zero-order valence-corrected chi connectivity index (χ0v) is 14.5. The standard InChI is InChI=1S/C20H21N5/c1-14(2)22-18-12-19(23-17-10-8-15(13-21)9-11-17)25-20(24-18)16-6-4-3-5-7-16/h4,6-12,14H,3,5H2,1-2H3,(H2,22,23,24,25). The Balaban J connectivity index is 1.92. The molecule has 1 heterocycles. The van der Waals surface area contributed by atoms with E-state index in [-0.39, 0.29) is 6.04 Å². The van der Waals surface area contributed by atoms with Gasteiger partial charge in [-0.2, -0.15) is 5.26 Å². The second-order valence-electron chi connectivity index (χ2n) is 6.21. The molecule has 0 unspecified atom stereocenters. The van der Waals surface area contributed by atoms with Crippen LogP contribution in [0.5, 0.6) is 0 Å². The van der Waals surface area contributed by atoms with Crippen molar-refractivity contribution in [3.63, 3.8) is 0 Å². The van der Waals surface area contributed by atoms with Crippen LogP contribution in [-0.2, 0) is 0 Å². The van der Waals surface area contributed by atoms with Gasteiger partial charge in [0.1, 0.15) is 11.6 Å². The molecule has 1 aliphatic rings. The third kappa shape index (κ3) is 4.45. The summed E-state index contributed by atoms with van der Waals surface area (Å²) in [6, 6.07) is 11.6. The summed E-state index contributed by atoms with van der Waals surface area (Å²) in [4.78, 5) is 9.30. The second kappa shape index (κ2) is 7.63. The molecule has 0 amide bonds. The van der Waals surface area contributed by atoms with Gasteiger partial charge >= 0.3 is 0 Å².